The van der Waals surface area contributed by atoms with Gasteiger partial charge >= 0.3 is 0 Å². The Morgan fingerprint density at radius 1 is 1.13 bits per heavy atom. The van der Waals surface area contributed by atoms with Crippen LogP contribution in [0.5, 0.6) is 0 Å². The molecule has 1 aliphatic heterocycles. The Morgan fingerprint density at radius 3 is 2.09 bits per heavy atom. The molecule has 1 aliphatic rings. The molecular formula is C17H29ClN2O2S. The van der Waals surface area contributed by atoms with Crippen LogP contribution in [0.1, 0.15) is 46.1 Å². The molecule has 1 N–H and O–H groups in total. The molecule has 0 aromatic heterocycles. The molecule has 0 atom stereocenters. The first-order valence-corrected chi connectivity index (χ1v) is 9.56. The fourth-order valence-electron chi connectivity index (χ4n) is 2.79. The number of nitrogens with zero attached hydrogens (tertiary/aromatic N) is 1. The van der Waals surface area contributed by atoms with Gasteiger partial charge in [0.1, 0.15) is 0 Å². The maximum Gasteiger partial charge on any atom is 0.240 e. The van der Waals surface area contributed by atoms with Crippen LogP contribution in [0.3, 0.4) is 0 Å². The van der Waals surface area contributed by atoms with Crippen LogP contribution in [0.2, 0.25) is 0 Å². The third-order valence-corrected chi connectivity index (χ3v) is 5.92. The second-order valence-corrected chi connectivity index (χ2v) is 8.82. The summed E-state index contributed by atoms with van der Waals surface area (Å²) in [7, 11) is -3.41. The van der Waals surface area contributed by atoms with Gasteiger partial charge in [0.05, 0.1) is 4.90 Å². The molecule has 1 heterocycles. The molecule has 2 rings (SSSR count). The van der Waals surface area contributed by atoms with E-state index in [9.17, 15) is 8.42 Å². The highest BCUT2D eigenvalue weighted by Gasteiger charge is 2.24. The van der Waals surface area contributed by atoms with Crippen molar-refractivity contribution < 1.29 is 8.42 Å². The van der Waals surface area contributed by atoms with Crippen LogP contribution in [0.4, 0.5) is 0 Å². The summed E-state index contributed by atoms with van der Waals surface area (Å²) in [4.78, 5) is 2.71. The lowest BCUT2D eigenvalue weighted by Crippen LogP contribution is -2.44. The third-order valence-electron chi connectivity index (χ3n) is 4.39. The van der Waals surface area contributed by atoms with Gasteiger partial charge in [0.15, 0.2) is 0 Å². The zero-order valence-electron chi connectivity index (χ0n) is 14.5. The molecule has 1 aromatic carbocycles. The number of piperidine rings is 1. The molecule has 6 heteroatoms. The number of likely N-dealkylation sites (tertiary alicyclic amines) is 1. The topological polar surface area (TPSA) is 49.4 Å². The second-order valence-electron chi connectivity index (χ2n) is 7.10. The van der Waals surface area contributed by atoms with Gasteiger partial charge in [-0.25, -0.2) is 13.1 Å². The molecule has 23 heavy (non-hydrogen) atoms. The van der Waals surface area contributed by atoms with Crippen molar-refractivity contribution in [2.75, 3.05) is 19.6 Å². The molecule has 0 bridgehead atoms. The average molecular weight is 361 g/mol. The molecule has 1 fully saturated rings. The van der Waals surface area contributed by atoms with Crippen LogP contribution in [0.15, 0.2) is 29.2 Å². The summed E-state index contributed by atoms with van der Waals surface area (Å²) in [5, 5.41) is 0. The minimum absolute atomic E-state index is 0. The SMILES string of the molecule is CCN1CCC(NS(=O)(=O)c2ccc(C(C)(C)C)cc2)CC1.Cl. The molecular weight excluding hydrogens is 332 g/mol. The van der Waals surface area contributed by atoms with E-state index in [1.807, 2.05) is 12.1 Å². The largest absolute Gasteiger partial charge is 0.303 e. The summed E-state index contributed by atoms with van der Waals surface area (Å²) < 4.78 is 27.8. The Balaban J connectivity index is 0.00000264. The van der Waals surface area contributed by atoms with Crippen molar-refractivity contribution in [1.29, 1.82) is 0 Å². The lowest BCUT2D eigenvalue weighted by Gasteiger charge is -2.31. The van der Waals surface area contributed by atoms with Crippen molar-refractivity contribution in [3.63, 3.8) is 0 Å². The van der Waals surface area contributed by atoms with Crippen molar-refractivity contribution in [3.8, 4) is 0 Å². The van der Waals surface area contributed by atoms with Gasteiger partial charge in [0, 0.05) is 6.04 Å². The molecule has 4 nitrogen and oxygen atoms in total. The number of rotatable bonds is 4. The standard InChI is InChI=1S/C17H28N2O2S.ClH/c1-5-19-12-10-15(11-13-19)18-22(20,21)16-8-6-14(7-9-16)17(2,3)4;/h6-9,15,18H,5,10-13H2,1-4H3;1H. The Bertz CT molecular complexity index is 586. The molecule has 1 saturated heterocycles. The monoisotopic (exact) mass is 360 g/mol. The van der Waals surface area contributed by atoms with E-state index in [0.717, 1.165) is 38.0 Å². The Morgan fingerprint density at radius 2 is 1.65 bits per heavy atom. The van der Waals surface area contributed by atoms with Crippen LogP contribution in [0.25, 0.3) is 0 Å². The number of halogens is 1. The van der Waals surface area contributed by atoms with Crippen molar-refractivity contribution in [2.45, 2.75) is 56.9 Å². The van der Waals surface area contributed by atoms with Gasteiger partial charge in [0.2, 0.25) is 10.0 Å². The predicted octanol–water partition coefficient (Wildman–Crippen LogP) is 3.17. The van der Waals surface area contributed by atoms with Crippen molar-refractivity contribution in [1.82, 2.24) is 9.62 Å². The maximum atomic E-state index is 12.5. The minimum atomic E-state index is -3.41. The quantitative estimate of drug-likeness (QED) is 0.897. The highest BCUT2D eigenvalue weighted by Crippen LogP contribution is 2.23. The van der Waals surface area contributed by atoms with Gasteiger partial charge in [-0.2, -0.15) is 0 Å². The molecule has 0 saturated carbocycles. The number of nitrogens with one attached hydrogen (secondary N) is 1. The van der Waals surface area contributed by atoms with Gasteiger partial charge < -0.3 is 4.90 Å². The summed E-state index contributed by atoms with van der Waals surface area (Å²) >= 11 is 0. The number of hydrogen-bond acceptors (Lipinski definition) is 3. The fraction of sp³-hybridized carbons (Fsp3) is 0.647. The molecule has 132 valence electrons. The Labute approximate surface area is 147 Å². The highest BCUT2D eigenvalue weighted by atomic mass is 35.5. The lowest BCUT2D eigenvalue weighted by molar-refractivity contribution is 0.217. The summed E-state index contributed by atoms with van der Waals surface area (Å²) in [5.41, 5.74) is 1.17. The van der Waals surface area contributed by atoms with Gasteiger partial charge in [0.25, 0.3) is 0 Å². The molecule has 0 spiro atoms. The Kier molecular flexibility index (Phi) is 7.08. The van der Waals surface area contributed by atoms with Gasteiger partial charge in [-0.05, 0) is 55.6 Å². The first kappa shape index (κ1) is 20.4. The third kappa shape index (κ3) is 5.45. The normalized spacial score (nSPS) is 17.7. The van der Waals surface area contributed by atoms with Gasteiger partial charge in [-0.1, -0.05) is 39.8 Å². The first-order valence-electron chi connectivity index (χ1n) is 8.07. The second kappa shape index (κ2) is 7.97. The van der Waals surface area contributed by atoms with E-state index in [1.54, 1.807) is 12.1 Å². The maximum absolute atomic E-state index is 12.5. The van der Waals surface area contributed by atoms with E-state index < -0.39 is 10.0 Å². The van der Waals surface area contributed by atoms with Crippen molar-refractivity contribution >= 4 is 22.4 Å². The molecule has 0 radical (unpaired) electrons. The molecule has 1 aromatic rings. The predicted molar refractivity (Wildman–Crippen MR) is 97.8 cm³/mol. The number of benzene rings is 1. The van der Waals surface area contributed by atoms with E-state index >= 15 is 0 Å². The van der Waals surface area contributed by atoms with Crippen molar-refractivity contribution in [2.24, 2.45) is 0 Å². The first-order chi connectivity index (χ1) is 10.2. The van der Waals surface area contributed by atoms with Crippen LogP contribution in [-0.4, -0.2) is 39.0 Å². The van der Waals surface area contributed by atoms with Gasteiger partial charge in [-0.3, -0.25) is 0 Å². The Hall–Kier alpha value is -0.620. The highest BCUT2D eigenvalue weighted by molar-refractivity contribution is 7.89. The average Bonchev–Trinajstić information content (AvgIpc) is 2.47. The summed E-state index contributed by atoms with van der Waals surface area (Å²) in [6.45, 7) is 11.5. The fourth-order valence-corrected chi connectivity index (χ4v) is 4.09. The van der Waals surface area contributed by atoms with E-state index in [1.165, 1.54) is 0 Å². The van der Waals surface area contributed by atoms with Crippen LogP contribution < -0.4 is 4.72 Å². The van der Waals surface area contributed by atoms with E-state index in [0.29, 0.717) is 4.90 Å². The zero-order valence-corrected chi connectivity index (χ0v) is 16.1. The molecule has 0 aliphatic carbocycles. The number of sulfonamides is 1. The van der Waals surface area contributed by atoms with Crippen LogP contribution in [0, 0.1) is 0 Å². The molecule has 0 unspecified atom stereocenters. The van der Waals surface area contributed by atoms with Crippen LogP contribution in [-0.2, 0) is 15.4 Å². The summed E-state index contributed by atoms with van der Waals surface area (Å²) in [5.74, 6) is 0. The smallest absolute Gasteiger partial charge is 0.240 e. The van der Waals surface area contributed by atoms with E-state index in [2.05, 4.69) is 37.3 Å². The molecule has 0 amide bonds. The minimum Gasteiger partial charge on any atom is -0.303 e. The van der Waals surface area contributed by atoms with E-state index in [-0.39, 0.29) is 23.9 Å². The van der Waals surface area contributed by atoms with Gasteiger partial charge in [-0.15, -0.1) is 12.4 Å². The van der Waals surface area contributed by atoms with E-state index in [4.69, 9.17) is 0 Å². The number of hydrogen-bond donors (Lipinski definition) is 1. The summed E-state index contributed by atoms with van der Waals surface area (Å²) in [6, 6.07) is 7.30. The zero-order chi connectivity index (χ0) is 16.4. The summed E-state index contributed by atoms with van der Waals surface area (Å²) in [6.07, 6.45) is 1.76. The van der Waals surface area contributed by atoms with Crippen molar-refractivity contribution in [3.05, 3.63) is 29.8 Å². The lowest BCUT2D eigenvalue weighted by atomic mass is 9.87. The van der Waals surface area contributed by atoms with Crippen LogP contribution >= 0.6 is 12.4 Å².